The van der Waals surface area contributed by atoms with E-state index in [0.717, 1.165) is 36.6 Å². The molecule has 2 N–H and O–H groups in total. The summed E-state index contributed by atoms with van der Waals surface area (Å²) in [5.41, 5.74) is 5.94. The van der Waals surface area contributed by atoms with Gasteiger partial charge in [0, 0.05) is 36.4 Å². The molecule has 0 radical (unpaired) electrons. The van der Waals surface area contributed by atoms with Crippen molar-refractivity contribution in [2.45, 2.75) is 23.8 Å². The zero-order valence-corrected chi connectivity index (χ0v) is 13.2. The lowest BCUT2D eigenvalue weighted by molar-refractivity contribution is 0.0806. The van der Waals surface area contributed by atoms with Gasteiger partial charge >= 0.3 is 0 Å². The van der Waals surface area contributed by atoms with Crippen LogP contribution in [0.4, 0.5) is 0 Å². The normalized spacial score (nSPS) is 30.2. The molecule has 0 spiro atoms. The zero-order valence-electron chi connectivity index (χ0n) is 10.8. The molecule has 2 saturated heterocycles. The molecule has 0 aromatic heterocycles. The van der Waals surface area contributed by atoms with E-state index in [0.29, 0.717) is 12.3 Å². The van der Waals surface area contributed by atoms with E-state index >= 15 is 0 Å². The van der Waals surface area contributed by atoms with Crippen LogP contribution in [0.3, 0.4) is 0 Å². The Hall–Kier alpha value is 0.570. The fraction of sp³-hybridized carbons (Fsp3) is 1.00. The van der Waals surface area contributed by atoms with Gasteiger partial charge in [0.15, 0.2) is 9.84 Å². The number of nitrogens with zero attached hydrogens (tertiary/aromatic N) is 1. The average molecular weight is 311 g/mol. The summed E-state index contributed by atoms with van der Waals surface area (Å²) in [6, 6.07) is 0. The molecule has 7 heteroatoms. The molecule has 2 aliphatic heterocycles. The number of rotatable bonds is 3. The smallest absolute Gasteiger partial charge is 0.164 e. The fourth-order valence-electron chi connectivity index (χ4n) is 2.84. The molecule has 0 amide bonds. The van der Waals surface area contributed by atoms with Gasteiger partial charge in [0.2, 0.25) is 0 Å². The Kier molecular flexibility index (Phi) is 4.91. The van der Waals surface area contributed by atoms with Gasteiger partial charge in [-0.05, 0) is 24.3 Å². The summed E-state index contributed by atoms with van der Waals surface area (Å²) in [4.78, 5) is 2.21. The van der Waals surface area contributed by atoms with Crippen molar-refractivity contribution in [1.29, 1.82) is 0 Å². The van der Waals surface area contributed by atoms with Crippen molar-refractivity contribution in [3.05, 3.63) is 0 Å². The van der Waals surface area contributed by atoms with Gasteiger partial charge in [-0.1, -0.05) is 0 Å². The van der Waals surface area contributed by atoms with Crippen molar-refractivity contribution in [2.75, 3.05) is 42.4 Å². The van der Waals surface area contributed by atoms with Gasteiger partial charge in [-0.2, -0.15) is 23.5 Å². The highest BCUT2D eigenvalue weighted by atomic mass is 32.2. The van der Waals surface area contributed by atoms with Gasteiger partial charge in [-0.3, -0.25) is 4.90 Å². The van der Waals surface area contributed by atoms with E-state index in [2.05, 4.69) is 4.90 Å². The van der Waals surface area contributed by atoms with Crippen LogP contribution in [0.1, 0.15) is 12.8 Å². The molecule has 0 bridgehead atoms. The lowest BCUT2D eigenvalue weighted by Gasteiger charge is -2.50. The second-order valence-electron chi connectivity index (χ2n) is 5.09. The molecular weight excluding hydrogens is 288 g/mol. The van der Waals surface area contributed by atoms with E-state index in [-0.39, 0.29) is 10.9 Å². The van der Waals surface area contributed by atoms with Crippen molar-refractivity contribution in [2.24, 2.45) is 5.73 Å². The van der Waals surface area contributed by atoms with Gasteiger partial charge in [0.25, 0.3) is 0 Å². The minimum atomic E-state index is -3.03. The molecule has 0 aromatic rings. The molecule has 106 valence electrons. The highest BCUT2D eigenvalue weighted by Gasteiger charge is 2.44. The highest BCUT2D eigenvalue weighted by Crippen LogP contribution is 2.36. The Morgan fingerprint density at radius 2 is 1.94 bits per heavy atom. The Morgan fingerprint density at radius 1 is 1.28 bits per heavy atom. The van der Waals surface area contributed by atoms with Gasteiger partial charge in [-0.25, -0.2) is 8.42 Å². The maximum atomic E-state index is 12.0. The summed E-state index contributed by atoms with van der Waals surface area (Å²) < 4.78 is 24.0. The first-order valence-electron chi connectivity index (χ1n) is 6.31. The summed E-state index contributed by atoms with van der Waals surface area (Å²) in [6.07, 6.45) is 3.40. The maximum Gasteiger partial charge on any atom is 0.164 e. The Morgan fingerprint density at radius 3 is 2.50 bits per heavy atom. The lowest BCUT2D eigenvalue weighted by atomic mass is 9.90. The molecule has 2 aliphatic rings. The van der Waals surface area contributed by atoms with Crippen LogP contribution in [0.5, 0.6) is 0 Å². The van der Waals surface area contributed by atoms with Gasteiger partial charge in [0.05, 0.1) is 0 Å². The molecule has 2 rings (SSSR count). The number of thioether (sulfide) groups is 2. The van der Waals surface area contributed by atoms with E-state index in [1.54, 1.807) is 11.8 Å². The van der Waals surface area contributed by atoms with Crippen LogP contribution in [0, 0.1) is 0 Å². The largest absolute Gasteiger partial charge is 0.329 e. The second-order valence-corrected chi connectivity index (χ2v) is 9.67. The third-order valence-corrected chi connectivity index (χ3v) is 7.62. The standard InChI is InChI=1S/C11H22N2O2S3/c1-18(14,15)10-8-17-7-4-13(10)11(9-12)2-5-16-6-3-11/h10H,2-9,12H2,1H3. The van der Waals surface area contributed by atoms with Crippen molar-refractivity contribution in [3.63, 3.8) is 0 Å². The van der Waals surface area contributed by atoms with E-state index in [9.17, 15) is 8.42 Å². The van der Waals surface area contributed by atoms with Crippen LogP contribution in [0.2, 0.25) is 0 Å². The lowest BCUT2D eigenvalue weighted by Crippen LogP contribution is -2.63. The van der Waals surface area contributed by atoms with E-state index in [4.69, 9.17) is 5.73 Å². The number of nitrogens with two attached hydrogens (primary N) is 1. The average Bonchev–Trinajstić information content (AvgIpc) is 2.38. The zero-order chi connectivity index (χ0) is 13.2. The van der Waals surface area contributed by atoms with E-state index in [1.165, 1.54) is 6.26 Å². The molecule has 0 saturated carbocycles. The Balaban J connectivity index is 2.26. The number of hydrogen-bond acceptors (Lipinski definition) is 6. The Labute approximate surface area is 118 Å². The van der Waals surface area contributed by atoms with Crippen molar-refractivity contribution >= 4 is 33.4 Å². The minimum Gasteiger partial charge on any atom is -0.329 e. The topological polar surface area (TPSA) is 63.4 Å². The molecular formula is C11H22N2O2S3. The monoisotopic (exact) mass is 310 g/mol. The van der Waals surface area contributed by atoms with Crippen LogP contribution >= 0.6 is 23.5 Å². The third-order valence-electron chi connectivity index (χ3n) is 3.99. The van der Waals surface area contributed by atoms with Crippen molar-refractivity contribution < 1.29 is 8.42 Å². The third kappa shape index (κ3) is 3.00. The molecule has 1 unspecified atom stereocenters. The van der Waals surface area contributed by atoms with E-state index in [1.807, 2.05) is 11.8 Å². The summed E-state index contributed by atoms with van der Waals surface area (Å²) in [6.45, 7) is 1.43. The first-order chi connectivity index (χ1) is 8.49. The highest BCUT2D eigenvalue weighted by molar-refractivity contribution is 8.01. The summed E-state index contributed by atoms with van der Waals surface area (Å²) in [5.74, 6) is 3.89. The predicted molar refractivity (Wildman–Crippen MR) is 81.0 cm³/mol. The minimum absolute atomic E-state index is 0.0834. The quantitative estimate of drug-likeness (QED) is 0.825. The summed E-state index contributed by atoms with van der Waals surface area (Å²) in [7, 11) is -3.03. The molecule has 18 heavy (non-hydrogen) atoms. The molecule has 0 aromatic carbocycles. The van der Waals surface area contributed by atoms with Crippen molar-refractivity contribution in [1.82, 2.24) is 4.90 Å². The summed E-state index contributed by atoms with van der Waals surface area (Å²) in [5, 5.41) is -0.345. The molecule has 2 heterocycles. The van der Waals surface area contributed by atoms with Crippen LogP contribution in [-0.2, 0) is 9.84 Å². The number of hydrogen-bond donors (Lipinski definition) is 1. The summed E-state index contributed by atoms with van der Waals surface area (Å²) >= 11 is 3.69. The Bertz CT molecular complexity index is 380. The van der Waals surface area contributed by atoms with Gasteiger partial charge in [0.1, 0.15) is 5.37 Å². The molecule has 0 aliphatic carbocycles. The molecule has 4 nitrogen and oxygen atoms in total. The van der Waals surface area contributed by atoms with Crippen LogP contribution < -0.4 is 5.73 Å². The van der Waals surface area contributed by atoms with Crippen LogP contribution in [0.15, 0.2) is 0 Å². The molecule has 2 fully saturated rings. The fourth-order valence-corrected chi connectivity index (χ4v) is 7.03. The van der Waals surface area contributed by atoms with Crippen molar-refractivity contribution in [3.8, 4) is 0 Å². The SMILES string of the molecule is CS(=O)(=O)C1CSCCN1C1(CN)CCSCC1. The maximum absolute atomic E-state index is 12.0. The van der Waals surface area contributed by atoms with Crippen LogP contribution in [0.25, 0.3) is 0 Å². The first kappa shape index (κ1) is 15.0. The molecule has 1 atom stereocenters. The van der Waals surface area contributed by atoms with Gasteiger partial charge in [-0.15, -0.1) is 0 Å². The van der Waals surface area contributed by atoms with Gasteiger partial charge < -0.3 is 5.73 Å². The predicted octanol–water partition coefficient (Wildman–Crippen LogP) is 0.630. The van der Waals surface area contributed by atoms with E-state index < -0.39 is 9.84 Å². The second kappa shape index (κ2) is 5.91. The number of sulfone groups is 1. The first-order valence-corrected chi connectivity index (χ1v) is 10.6. The van der Waals surface area contributed by atoms with Crippen LogP contribution in [-0.4, -0.2) is 66.6 Å².